The van der Waals surface area contributed by atoms with Crippen LogP contribution in [0.4, 0.5) is 5.69 Å². The van der Waals surface area contributed by atoms with E-state index in [1.165, 1.54) is 22.3 Å². The van der Waals surface area contributed by atoms with Gasteiger partial charge in [-0.2, -0.15) is 0 Å². The highest BCUT2D eigenvalue weighted by Gasteiger charge is 2.36. The van der Waals surface area contributed by atoms with E-state index in [-0.39, 0.29) is 23.8 Å². The number of benzene rings is 2. The lowest BCUT2D eigenvalue weighted by atomic mass is 9.84. The van der Waals surface area contributed by atoms with Crippen LogP contribution in [-0.4, -0.2) is 22.8 Å². The molecular formula is C25H30N2O2. The molecule has 2 amide bonds. The second-order valence-corrected chi connectivity index (χ2v) is 8.52. The summed E-state index contributed by atoms with van der Waals surface area (Å²) in [6.07, 6.45) is 4.46. The van der Waals surface area contributed by atoms with Crippen molar-refractivity contribution in [2.45, 2.75) is 65.5 Å². The molecule has 0 atom stereocenters. The van der Waals surface area contributed by atoms with Crippen LogP contribution in [-0.2, 0) is 17.8 Å². The van der Waals surface area contributed by atoms with Crippen LogP contribution in [0, 0.1) is 19.8 Å². The summed E-state index contributed by atoms with van der Waals surface area (Å²) < 4.78 is 0. The number of aryl methyl sites for hydroxylation is 3. The number of hydrogen-bond donors (Lipinski definition) is 1. The van der Waals surface area contributed by atoms with Crippen LogP contribution in [0.25, 0.3) is 0 Å². The maximum atomic E-state index is 12.8. The molecule has 0 radical (unpaired) electrons. The van der Waals surface area contributed by atoms with Crippen molar-refractivity contribution in [2.24, 2.45) is 5.92 Å². The summed E-state index contributed by atoms with van der Waals surface area (Å²) in [4.78, 5) is 27.6. The van der Waals surface area contributed by atoms with E-state index >= 15 is 0 Å². The lowest BCUT2D eigenvalue weighted by molar-refractivity contribution is -0.121. The Kier molecular flexibility index (Phi) is 5.44. The van der Waals surface area contributed by atoms with Crippen molar-refractivity contribution in [1.82, 2.24) is 4.90 Å². The van der Waals surface area contributed by atoms with Crippen LogP contribution < -0.4 is 5.32 Å². The molecule has 1 heterocycles. The van der Waals surface area contributed by atoms with Gasteiger partial charge in [-0.1, -0.05) is 25.1 Å². The molecule has 152 valence electrons. The fourth-order valence-electron chi connectivity index (χ4n) is 4.87. The maximum Gasteiger partial charge on any atom is 0.254 e. The second kappa shape index (κ2) is 8.02. The average molecular weight is 391 g/mol. The summed E-state index contributed by atoms with van der Waals surface area (Å²) in [7, 11) is 0. The molecule has 0 unspecified atom stereocenters. The number of nitrogens with one attached hydrogen (secondary N) is 1. The molecular weight excluding hydrogens is 360 g/mol. The minimum Gasteiger partial charge on any atom is -0.331 e. The van der Waals surface area contributed by atoms with Gasteiger partial charge >= 0.3 is 0 Å². The Balaban J connectivity index is 1.35. The third-order valence-corrected chi connectivity index (χ3v) is 6.73. The molecule has 2 aliphatic rings. The maximum absolute atomic E-state index is 12.8. The van der Waals surface area contributed by atoms with Crippen molar-refractivity contribution in [3.05, 3.63) is 64.2 Å². The van der Waals surface area contributed by atoms with Crippen LogP contribution in [0.5, 0.6) is 0 Å². The number of carbonyl (C=O) groups is 2. The molecule has 1 N–H and O–H groups in total. The first-order valence-electron chi connectivity index (χ1n) is 10.8. The molecule has 1 fully saturated rings. The summed E-state index contributed by atoms with van der Waals surface area (Å²) in [5, 5.41) is 3.10. The third kappa shape index (κ3) is 3.81. The van der Waals surface area contributed by atoms with Gasteiger partial charge in [0.15, 0.2) is 0 Å². The zero-order valence-corrected chi connectivity index (χ0v) is 17.6. The molecule has 0 bridgehead atoms. The Morgan fingerprint density at radius 3 is 2.48 bits per heavy atom. The number of fused-ring (bicyclic) bond motifs is 1. The lowest BCUT2D eigenvalue weighted by Gasteiger charge is -2.34. The monoisotopic (exact) mass is 390 g/mol. The summed E-state index contributed by atoms with van der Waals surface area (Å²) in [5.41, 5.74) is 6.63. The van der Waals surface area contributed by atoms with E-state index < -0.39 is 0 Å². The molecule has 4 nitrogen and oxygen atoms in total. The summed E-state index contributed by atoms with van der Waals surface area (Å²) in [6, 6.07) is 12.4. The van der Waals surface area contributed by atoms with Gasteiger partial charge in [0.2, 0.25) is 5.91 Å². The molecule has 4 rings (SSSR count). The van der Waals surface area contributed by atoms with Gasteiger partial charge in [0.1, 0.15) is 0 Å². The highest BCUT2D eigenvalue weighted by molar-refractivity contribution is 5.99. The van der Waals surface area contributed by atoms with Gasteiger partial charge < -0.3 is 10.2 Å². The van der Waals surface area contributed by atoms with E-state index in [0.717, 1.165) is 43.4 Å². The number of rotatable bonds is 4. The fraction of sp³-hybridized carbons (Fsp3) is 0.440. The van der Waals surface area contributed by atoms with Crippen LogP contribution in [0.3, 0.4) is 0 Å². The van der Waals surface area contributed by atoms with E-state index in [4.69, 9.17) is 0 Å². The molecule has 29 heavy (non-hydrogen) atoms. The molecule has 1 aliphatic carbocycles. The number of anilines is 1. The van der Waals surface area contributed by atoms with Crippen molar-refractivity contribution < 1.29 is 9.59 Å². The van der Waals surface area contributed by atoms with Crippen molar-refractivity contribution in [2.75, 3.05) is 5.32 Å². The summed E-state index contributed by atoms with van der Waals surface area (Å²) in [5.74, 6) is 0.293. The number of nitrogens with zero attached hydrogens (tertiary/aromatic N) is 1. The Morgan fingerprint density at radius 2 is 1.83 bits per heavy atom. The fourth-order valence-corrected chi connectivity index (χ4v) is 4.87. The molecule has 2 aromatic rings. The standard InChI is InChI=1S/C25H30N2O2/c1-4-18-8-11-20(14-17(18)3)26-24(28)19-9-12-21(13-10-19)27-15-23-16(2)6-5-7-22(23)25(27)29/h5-8,11,14,19,21H,4,9-10,12-13,15H2,1-3H3,(H,26,28). The smallest absolute Gasteiger partial charge is 0.254 e. The van der Waals surface area contributed by atoms with E-state index in [0.29, 0.717) is 6.54 Å². The molecule has 2 aromatic carbocycles. The summed E-state index contributed by atoms with van der Waals surface area (Å²) >= 11 is 0. The van der Waals surface area contributed by atoms with E-state index in [1.54, 1.807) is 0 Å². The predicted molar refractivity (Wildman–Crippen MR) is 116 cm³/mol. The first-order valence-corrected chi connectivity index (χ1v) is 10.8. The van der Waals surface area contributed by atoms with Crippen molar-refractivity contribution in [1.29, 1.82) is 0 Å². The van der Waals surface area contributed by atoms with Crippen molar-refractivity contribution in [3.63, 3.8) is 0 Å². The van der Waals surface area contributed by atoms with E-state index in [2.05, 4.69) is 44.3 Å². The highest BCUT2D eigenvalue weighted by Crippen LogP contribution is 2.34. The van der Waals surface area contributed by atoms with Gasteiger partial charge in [0.25, 0.3) is 5.91 Å². The molecule has 4 heteroatoms. The number of carbonyl (C=O) groups excluding carboxylic acids is 2. The Morgan fingerprint density at radius 1 is 1.07 bits per heavy atom. The van der Waals surface area contributed by atoms with Crippen LogP contribution in [0.1, 0.15) is 65.2 Å². The largest absolute Gasteiger partial charge is 0.331 e. The van der Waals surface area contributed by atoms with Gasteiger partial charge in [0, 0.05) is 29.8 Å². The first-order chi connectivity index (χ1) is 14.0. The normalized spacial score (nSPS) is 21.2. The van der Waals surface area contributed by atoms with Gasteiger partial charge in [-0.15, -0.1) is 0 Å². The highest BCUT2D eigenvalue weighted by atomic mass is 16.2. The molecule has 0 aromatic heterocycles. The SMILES string of the molecule is CCc1ccc(NC(=O)C2CCC(N3Cc4c(C)cccc4C3=O)CC2)cc1C. The average Bonchev–Trinajstić information content (AvgIpc) is 3.06. The summed E-state index contributed by atoms with van der Waals surface area (Å²) in [6.45, 7) is 7.02. The molecule has 1 saturated carbocycles. The molecule has 0 spiro atoms. The molecule has 0 saturated heterocycles. The van der Waals surface area contributed by atoms with Crippen LogP contribution >= 0.6 is 0 Å². The number of amides is 2. The van der Waals surface area contributed by atoms with Crippen molar-refractivity contribution in [3.8, 4) is 0 Å². The number of hydrogen-bond acceptors (Lipinski definition) is 2. The third-order valence-electron chi connectivity index (χ3n) is 6.73. The second-order valence-electron chi connectivity index (χ2n) is 8.52. The lowest BCUT2D eigenvalue weighted by Crippen LogP contribution is -2.40. The predicted octanol–water partition coefficient (Wildman–Crippen LogP) is 5.02. The quantitative estimate of drug-likeness (QED) is 0.797. The first kappa shape index (κ1) is 19.7. The van der Waals surface area contributed by atoms with Gasteiger partial charge in [-0.05, 0) is 86.4 Å². The minimum atomic E-state index is 0.0271. The van der Waals surface area contributed by atoms with Gasteiger partial charge in [-0.25, -0.2) is 0 Å². The van der Waals surface area contributed by atoms with Gasteiger partial charge in [0.05, 0.1) is 0 Å². The van der Waals surface area contributed by atoms with E-state index in [1.807, 2.05) is 23.1 Å². The molecule has 1 aliphatic heterocycles. The Hall–Kier alpha value is -2.62. The van der Waals surface area contributed by atoms with E-state index in [9.17, 15) is 9.59 Å². The van der Waals surface area contributed by atoms with Gasteiger partial charge in [-0.3, -0.25) is 9.59 Å². The van der Waals surface area contributed by atoms with Crippen LogP contribution in [0.2, 0.25) is 0 Å². The van der Waals surface area contributed by atoms with Crippen molar-refractivity contribution >= 4 is 17.5 Å². The topological polar surface area (TPSA) is 49.4 Å². The zero-order valence-electron chi connectivity index (χ0n) is 17.6. The van der Waals surface area contributed by atoms with Crippen LogP contribution in [0.15, 0.2) is 36.4 Å². The zero-order chi connectivity index (χ0) is 20.5. The Bertz CT molecular complexity index is 942. The Labute approximate surface area is 173 Å². The minimum absolute atomic E-state index is 0.0271.